The van der Waals surface area contributed by atoms with E-state index in [2.05, 4.69) is 51.8 Å². The zero-order valence-corrected chi connectivity index (χ0v) is 21.9. The molecule has 1 aliphatic heterocycles. The molecule has 4 rings (SSSR count). The van der Waals surface area contributed by atoms with Crippen LogP contribution in [-0.4, -0.2) is 41.4 Å². The fourth-order valence-corrected chi connectivity index (χ4v) is 3.80. The second-order valence-corrected chi connectivity index (χ2v) is 10.1. The van der Waals surface area contributed by atoms with Crippen molar-refractivity contribution in [1.82, 2.24) is 9.97 Å². The fourth-order valence-electron chi connectivity index (χ4n) is 3.80. The van der Waals surface area contributed by atoms with Crippen molar-refractivity contribution in [3.8, 4) is 0 Å². The summed E-state index contributed by atoms with van der Waals surface area (Å²) in [4.78, 5) is 21.7. The number of nitrogens with zero attached hydrogens (tertiary/aromatic N) is 2. The number of esters is 1. The van der Waals surface area contributed by atoms with Crippen LogP contribution in [0.1, 0.15) is 57.6 Å². The van der Waals surface area contributed by atoms with Crippen molar-refractivity contribution < 1.29 is 21.7 Å². The van der Waals surface area contributed by atoms with E-state index in [0.717, 1.165) is 16.9 Å². The smallest absolute Gasteiger partial charge is 0.465 e. The maximum atomic E-state index is 12.7. The summed E-state index contributed by atoms with van der Waals surface area (Å²) in [5.41, 5.74) is 3.86. The Hall–Kier alpha value is -3.43. The molecule has 2 heterocycles. The predicted octanol–water partition coefficient (Wildman–Crippen LogP) is 5.03. The van der Waals surface area contributed by atoms with Gasteiger partial charge in [0.15, 0.2) is 0 Å². The molecular weight excluding hydrogens is 455 g/mol. The number of carbonyl (C=O) groups excluding carboxylic acids is 1. The molecule has 0 unspecified atom stereocenters. The number of hydrogen-bond acceptors (Lipinski definition) is 8. The Morgan fingerprint density at radius 3 is 2.36 bits per heavy atom. The predicted molar refractivity (Wildman–Crippen MR) is 146 cm³/mol. The van der Waals surface area contributed by atoms with E-state index in [1.807, 2.05) is 46.8 Å². The van der Waals surface area contributed by atoms with Gasteiger partial charge in [0, 0.05) is 26.8 Å². The average molecular weight is 492 g/mol. The van der Waals surface area contributed by atoms with Crippen LogP contribution in [0.3, 0.4) is 0 Å². The van der Waals surface area contributed by atoms with E-state index in [4.69, 9.17) is 14.0 Å². The fraction of sp³-hybridized carbons (Fsp3) is 0.370. The van der Waals surface area contributed by atoms with Crippen LogP contribution in [0, 0.1) is 13.8 Å². The zero-order chi connectivity index (χ0) is 26.1. The SMILES string of the molecule is COC(=O)c1cc(Nc2ncc(C)c(NCc3ccc(C)cc3)n2)ccc1B1OC(C)(C)C(C)(C)O1.[HH].[HH]. The van der Waals surface area contributed by atoms with E-state index in [9.17, 15) is 4.79 Å². The summed E-state index contributed by atoms with van der Waals surface area (Å²) >= 11 is 0. The molecule has 1 aromatic heterocycles. The van der Waals surface area contributed by atoms with E-state index in [1.54, 1.807) is 12.3 Å². The molecule has 0 saturated carbocycles. The van der Waals surface area contributed by atoms with Gasteiger partial charge in [-0.3, -0.25) is 0 Å². The lowest BCUT2D eigenvalue weighted by Crippen LogP contribution is -2.41. The van der Waals surface area contributed by atoms with Crippen LogP contribution >= 0.6 is 0 Å². The highest BCUT2D eigenvalue weighted by Crippen LogP contribution is 2.37. The largest absolute Gasteiger partial charge is 0.495 e. The van der Waals surface area contributed by atoms with Crippen molar-refractivity contribution in [3.63, 3.8) is 0 Å². The number of benzene rings is 2. The molecule has 1 saturated heterocycles. The molecule has 0 spiro atoms. The molecule has 2 N–H and O–H groups in total. The van der Waals surface area contributed by atoms with Crippen LogP contribution in [0.15, 0.2) is 48.7 Å². The van der Waals surface area contributed by atoms with Crippen molar-refractivity contribution in [2.45, 2.75) is 59.3 Å². The molecular formula is C27H37BN4O4. The number of hydrogen-bond donors (Lipinski definition) is 2. The molecule has 1 fully saturated rings. The molecule has 0 bridgehead atoms. The molecule has 3 aromatic rings. The highest BCUT2D eigenvalue weighted by Gasteiger charge is 2.52. The highest BCUT2D eigenvalue weighted by molar-refractivity contribution is 6.63. The highest BCUT2D eigenvalue weighted by atomic mass is 16.7. The Balaban J connectivity index is 0.00000253. The third kappa shape index (κ3) is 5.37. The summed E-state index contributed by atoms with van der Waals surface area (Å²) in [6.45, 7) is 12.6. The summed E-state index contributed by atoms with van der Waals surface area (Å²) in [6.07, 6.45) is 1.76. The second kappa shape index (κ2) is 9.91. The van der Waals surface area contributed by atoms with Crippen LogP contribution in [0.4, 0.5) is 17.5 Å². The van der Waals surface area contributed by atoms with E-state index < -0.39 is 24.3 Å². The van der Waals surface area contributed by atoms with Gasteiger partial charge in [0.05, 0.1) is 23.9 Å². The molecule has 192 valence electrons. The second-order valence-electron chi connectivity index (χ2n) is 10.1. The van der Waals surface area contributed by atoms with E-state index in [-0.39, 0.29) is 2.85 Å². The number of carbonyl (C=O) groups is 1. The first-order chi connectivity index (χ1) is 17.0. The van der Waals surface area contributed by atoms with Gasteiger partial charge < -0.3 is 24.7 Å². The van der Waals surface area contributed by atoms with Crippen LogP contribution in [0.2, 0.25) is 0 Å². The Morgan fingerprint density at radius 2 is 1.72 bits per heavy atom. The standard InChI is InChI=1S/C27H33BN4O4.2H2/c1-17-8-10-19(11-9-17)16-29-23-18(2)15-30-25(32-23)31-20-12-13-22(21(14-20)24(33)34-7)28-35-26(3,4)27(5,6)36-28;;/h8-15H,16H2,1-7H3,(H2,29,30,31,32);2*1H. The Kier molecular flexibility index (Phi) is 7.06. The Bertz CT molecular complexity index is 1260. The number of rotatable bonds is 7. The summed E-state index contributed by atoms with van der Waals surface area (Å²) in [5, 5.41) is 6.57. The summed E-state index contributed by atoms with van der Waals surface area (Å²) in [7, 11) is 0.664. The van der Waals surface area contributed by atoms with E-state index in [0.29, 0.717) is 29.2 Å². The van der Waals surface area contributed by atoms with E-state index in [1.165, 1.54) is 12.7 Å². The van der Waals surface area contributed by atoms with E-state index >= 15 is 0 Å². The number of anilines is 3. The first kappa shape index (κ1) is 25.7. The lowest BCUT2D eigenvalue weighted by atomic mass is 9.75. The maximum absolute atomic E-state index is 12.7. The quantitative estimate of drug-likeness (QED) is 0.351. The lowest BCUT2D eigenvalue weighted by molar-refractivity contribution is 0.00578. The summed E-state index contributed by atoms with van der Waals surface area (Å²) < 4.78 is 17.4. The van der Waals surface area contributed by atoms with Gasteiger partial charge >= 0.3 is 13.1 Å². The molecule has 0 amide bonds. The molecule has 0 atom stereocenters. The topological polar surface area (TPSA) is 94.6 Å². The van der Waals surface area contributed by atoms with Gasteiger partial charge in [0.2, 0.25) is 5.95 Å². The average Bonchev–Trinajstić information content (AvgIpc) is 3.06. The molecule has 9 heteroatoms. The minimum atomic E-state index is -0.689. The maximum Gasteiger partial charge on any atom is 0.495 e. The van der Waals surface area contributed by atoms with Gasteiger partial charge in [0.25, 0.3) is 0 Å². The number of aromatic nitrogens is 2. The summed E-state index contributed by atoms with van der Waals surface area (Å²) in [5.74, 6) is 0.662. The van der Waals surface area contributed by atoms with Gasteiger partial charge in [-0.2, -0.15) is 4.98 Å². The molecule has 1 aliphatic rings. The van der Waals surface area contributed by atoms with Gasteiger partial charge in [-0.15, -0.1) is 0 Å². The number of aryl methyl sites for hydroxylation is 2. The zero-order valence-electron chi connectivity index (χ0n) is 21.9. The van der Waals surface area contributed by atoms with Crippen molar-refractivity contribution >= 4 is 36.0 Å². The van der Waals surface area contributed by atoms with Crippen LogP contribution in [0.5, 0.6) is 0 Å². The van der Waals surface area contributed by atoms with Crippen LogP contribution < -0.4 is 16.1 Å². The van der Waals surface area contributed by atoms with Crippen molar-refractivity contribution in [3.05, 3.63) is 70.9 Å². The van der Waals surface area contributed by atoms with Gasteiger partial charge in [-0.1, -0.05) is 35.9 Å². The molecule has 8 nitrogen and oxygen atoms in total. The van der Waals surface area contributed by atoms with Gasteiger partial charge in [-0.25, -0.2) is 9.78 Å². The third-order valence-electron chi connectivity index (χ3n) is 6.77. The lowest BCUT2D eigenvalue weighted by Gasteiger charge is -2.32. The van der Waals surface area contributed by atoms with Gasteiger partial charge in [0.1, 0.15) is 5.82 Å². The minimum absolute atomic E-state index is 0. The van der Waals surface area contributed by atoms with Crippen molar-refractivity contribution in [2.24, 2.45) is 0 Å². The third-order valence-corrected chi connectivity index (χ3v) is 6.77. The van der Waals surface area contributed by atoms with Crippen LogP contribution in [0.25, 0.3) is 0 Å². The first-order valence-corrected chi connectivity index (χ1v) is 12.0. The monoisotopic (exact) mass is 492 g/mol. The molecule has 2 aromatic carbocycles. The summed E-state index contributed by atoms with van der Waals surface area (Å²) in [6, 6.07) is 13.7. The Labute approximate surface area is 215 Å². The normalized spacial score (nSPS) is 16.0. The van der Waals surface area contributed by atoms with Crippen molar-refractivity contribution in [1.29, 1.82) is 0 Å². The number of ether oxygens (including phenoxy) is 1. The molecule has 0 radical (unpaired) electrons. The first-order valence-electron chi connectivity index (χ1n) is 12.0. The van der Waals surface area contributed by atoms with Gasteiger partial charge in [-0.05, 0) is 64.7 Å². The Morgan fingerprint density at radius 1 is 1.06 bits per heavy atom. The molecule has 36 heavy (non-hydrogen) atoms. The molecule has 0 aliphatic carbocycles. The minimum Gasteiger partial charge on any atom is -0.465 e. The number of methoxy groups -OCH3 is 1. The van der Waals surface area contributed by atoms with Crippen molar-refractivity contribution in [2.75, 3.05) is 17.7 Å². The van der Waals surface area contributed by atoms with Crippen LogP contribution in [-0.2, 0) is 20.6 Å². The number of nitrogens with one attached hydrogen (secondary N) is 2.